The van der Waals surface area contributed by atoms with Crippen molar-refractivity contribution in [3.63, 3.8) is 0 Å². The van der Waals surface area contributed by atoms with E-state index in [1.165, 1.54) is 0 Å². The Morgan fingerprint density at radius 2 is 2.20 bits per heavy atom. The predicted molar refractivity (Wildman–Crippen MR) is 65.5 cm³/mol. The molecule has 1 rings (SSSR count). The first-order valence-electron chi connectivity index (χ1n) is 4.28. The van der Waals surface area contributed by atoms with Crippen molar-refractivity contribution in [3.8, 4) is 0 Å². The molecule has 0 saturated carbocycles. The van der Waals surface area contributed by atoms with Gasteiger partial charge in [-0.25, -0.2) is 8.93 Å². The highest BCUT2D eigenvalue weighted by molar-refractivity contribution is 7.82. The van der Waals surface area contributed by atoms with Crippen LogP contribution < -0.4 is 10.5 Å². The van der Waals surface area contributed by atoms with Gasteiger partial charge >= 0.3 is 0 Å². The molecule has 0 amide bonds. The Bertz CT molecular complexity index is 373. The first-order chi connectivity index (χ1) is 7.02. The van der Waals surface area contributed by atoms with Gasteiger partial charge in [-0.2, -0.15) is 0 Å². The average molecular weight is 267 g/mol. The molecule has 0 fully saturated rings. The van der Waals surface area contributed by atoms with Gasteiger partial charge in [0.25, 0.3) is 0 Å². The van der Waals surface area contributed by atoms with Gasteiger partial charge in [-0.05, 0) is 11.6 Å². The number of hydrogen-bond acceptors (Lipinski definition) is 2. The molecule has 0 heterocycles. The maximum atomic E-state index is 10.8. The van der Waals surface area contributed by atoms with E-state index < -0.39 is 11.0 Å². The number of nitrogens with two attached hydrogens (primary N) is 1. The van der Waals surface area contributed by atoms with E-state index in [-0.39, 0.29) is 6.04 Å². The smallest absolute Gasteiger partial charge is 0.0884 e. The van der Waals surface area contributed by atoms with Crippen molar-refractivity contribution in [2.45, 2.75) is 6.04 Å². The molecule has 2 atom stereocenters. The molecule has 1 aromatic rings. The third kappa shape index (κ3) is 3.74. The van der Waals surface area contributed by atoms with Crippen molar-refractivity contribution in [1.82, 2.24) is 4.72 Å². The minimum Gasteiger partial charge on any atom is -0.323 e. The summed E-state index contributed by atoms with van der Waals surface area (Å²) in [5, 5.41) is 0.928. The summed E-state index contributed by atoms with van der Waals surface area (Å²) in [6.45, 7) is 0.392. The molecule has 3 nitrogen and oxygen atoms in total. The van der Waals surface area contributed by atoms with Gasteiger partial charge in [-0.3, -0.25) is 0 Å². The van der Waals surface area contributed by atoms with Crippen LogP contribution in [0.15, 0.2) is 18.2 Å². The van der Waals surface area contributed by atoms with E-state index in [0.717, 1.165) is 5.56 Å². The van der Waals surface area contributed by atoms with Gasteiger partial charge < -0.3 is 5.73 Å². The molecule has 15 heavy (non-hydrogen) atoms. The topological polar surface area (TPSA) is 55.1 Å². The van der Waals surface area contributed by atoms with Crippen LogP contribution in [0.3, 0.4) is 0 Å². The first kappa shape index (κ1) is 12.9. The summed E-state index contributed by atoms with van der Waals surface area (Å²) >= 11 is 11.8. The van der Waals surface area contributed by atoms with Gasteiger partial charge in [-0.1, -0.05) is 35.3 Å². The van der Waals surface area contributed by atoms with Crippen LogP contribution in [0, 0.1) is 0 Å². The summed E-state index contributed by atoms with van der Waals surface area (Å²) in [5.74, 6) is 0. The van der Waals surface area contributed by atoms with Crippen molar-refractivity contribution in [2.75, 3.05) is 12.8 Å². The van der Waals surface area contributed by atoms with Crippen molar-refractivity contribution in [2.24, 2.45) is 5.73 Å². The summed E-state index contributed by atoms with van der Waals surface area (Å²) in [5.41, 5.74) is 6.62. The molecule has 0 radical (unpaired) electrons. The fourth-order valence-electron chi connectivity index (χ4n) is 1.12. The maximum Gasteiger partial charge on any atom is 0.0884 e. The van der Waals surface area contributed by atoms with Gasteiger partial charge in [0.05, 0.1) is 21.0 Å². The van der Waals surface area contributed by atoms with E-state index >= 15 is 0 Å². The third-order valence-corrected chi connectivity index (χ3v) is 3.29. The van der Waals surface area contributed by atoms with Crippen LogP contribution in [0.25, 0.3) is 0 Å². The molecule has 84 valence electrons. The monoisotopic (exact) mass is 266 g/mol. The highest BCUT2D eigenvalue weighted by atomic mass is 35.5. The zero-order valence-corrected chi connectivity index (χ0v) is 10.5. The molecule has 2 unspecified atom stereocenters. The lowest BCUT2D eigenvalue weighted by molar-refractivity contribution is 0.655. The summed E-state index contributed by atoms with van der Waals surface area (Å²) in [7, 11) is -1.08. The second-order valence-electron chi connectivity index (χ2n) is 3.05. The highest BCUT2D eigenvalue weighted by Gasteiger charge is 2.12. The SMILES string of the molecule is CS(=O)NCC(N)c1cccc(Cl)c1Cl. The zero-order valence-electron chi connectivity index (χ0n) is 8.17. The largest absolute Gasteiger partial charge is 0.323 e. The van der Waals surface area contributed by atoms with Crippen LogP contribution >= 0.6 is 23.2 Å². The normalized spacial score (nSPS) is 14.9. The molecule has 0 aliphatic rings. The molecular formula is C9H12Cl2N2OS. The first-order valence-corrected chi connectivity index (χ1v) is 6.60. The molecule has 0 aliphatic carbocycles. The molecule has 6 heteroatoms. The van der Waals surface area contributed by atoms with Gasteiger partial charge in [0.1, 0.15) is 0 Å². The number of halogens is 2. The van der Waals surface area contributed by atoms with E-state index in [1.807, 2.05) is 0 Å². The standard InChI is InChI=1S/C9H12Cl2N2OS/c1-15(14)13-5-8(12)6-3-2-4-7(10)9(6)11/h2-4,8,13H,5,12H2,1H3. The second-order valence-corrected chi connectivity index (χ2v) is 5.03. The van der Waals surface area contributed by atoms with Gasteiger partial charge in [0.15, 0.2) is 0 Å². The molecule has 0 aliphatic heterocycles. The lowest BCUT2D eigenvalue weighted by Crippen LogP contribution is -2.28. The number of rotatable bonds is 4. The lowest BCUT2D eigenvalue weighted by atomic mass is 10.1. The molecule has 0 saturated heterocycles. The van der Waals surface area contributed by atoms with E-state index in [2.05, 4.69) is 4.72 Å². The predicted octanol–water partition coefficient (Wildman–Crippen LogP) is 1.88. The van der Waals surface area contributed by atoms with Crippen LogP contribution in [0.1, 0.15) is 11.6 Å². The van der Waals surface area contributed by atoms with E-state index in [1.54, 1.807) is 24.5 Å². The Hall–Kier alpha value is -0.130. The molecular weight excluding hydrogens is 255 g/mol. The lowest BCUT2D eigenvalue weighted by Gasteiger charge is -2.14. The molecule has 3 N–H and O–H groups in total. The van der Waals surface area contributed by atoms with Crippen LogP contribution in [0.5, 0.6) is 0 Å². The van der Waals surface area contributed by atoms with Crippen LogP contribution in [-0.2, 0) is 11.0 Å². The quantitative estimate of drug-likeness (QED) is 0.875. The Balaban J connectivity index is 2.77. The number of nitrogens with one attached hydrogen (secondary N) is 1. The number of hydrogen-bond donors (Lipinski definition) is 2. The Morgan fingerprint density at radius 1 is 1.53 bits per heavy atom. The Labute approximate surface area is 102 Å². The molecule has 0 bridgehead atoms. The maximum absolute atomic E-state index is 10.8. The van der Waals surface area contributed by atoms with Crippen LogP contribution in [0.4, 0.5) is 0 Å². The average Bonchev–Trinajstić information content (AvgIpc) is 2.18. The van der Waals surface area contributed by atoms with E-state index in [0.29, 0.717) is 16.6 Å². The fourth-order valence-corrected chi connectivity index (χ4v) is 1.99. The third-order valence-electron chi connectivity index (χ3n) is 1.89. The molecule has 1 aromatic carbocycles. The summed E-state index contributed by atoms with van der Waals surface area (Å²) in [6, 6.07) is 4.97. The van der Waals surface area contributed by atoms with E-state index in [4.69, 9.17) is 28.9 Å². The van der Waals surface area contributed by atoms with E-state index in [9.17, 15) is 4.21 Å². The minimum atomic E-state index is -1.08. The Morgan fingerprint density at radius 3 is 2.80 bits per heavy atom. The Kier molecular flexibility index (Phi) is 5.02. The summed E-state index contributed by atoms with van der Waals surface area (Å²) < 4.78 is 13.6. The van der Waals surface area contributed by atoms with Crippen molar-refractivity contribution in [1.29, 1.82) is 0 Å². The van der Waals surface area contributed by atoms with Crippen molar-refractivity contribution >= 4 is 34.2 Å². The number of benzene rings is 1. The van der Waals surface area contributed by atoms with Crippen LogP contribution in [-0.4, -0.2) is 17.0 Å². The summed E-state index contributed by atoms with van der Waals surface area (Å²) in [4.78, 5) is 0. The van der Waals surface area contributed by atoms with Crippen molar-refractivity contribution in [3.05, 3.63) is 33.8 Å². The summed E-state index contributed by atoms with van der Waals surface area (Å²) in [6.07, 6.45) is 1.55. The molecule has 0 spiro atoms. The highest BCUT2D eigenvalue weighted by Crippen LogP contribution is 2.28. The minimum absolute atomic E-state index is 0.319. The van der Waals surface area contributed by atoms with Crippen LogP contribution in [0.2, 0.25) is 10.0 Å². The van der Waals surface area contributed by atoms with Gasteiger partial charge in [0.2, 0.25) is 0 Å². The zero-order chi connectivity index (χ0) is 11.4. The van der Waals surface area contributed by atoms with Gasteiger partial charge in [0, 0.05) is 18.8 Å². The second kappa shape index (κ2) is 5.82. The fraction of sp³-hybridized carbons (Fsp3) is 0.333. The van der Waals surface area contributed by atoms with Crippen molar-refractivity contribution < 1.29 is 4.21 Å². The van der Waals surface area contributed by atoms with Gasteiger partial charge in [-0.15, -0.1) is 0 Å². The molecule has 0 aromatic heterocycles.